The number of nitrogens with zero attached hydrogens (tertiary/aromatic N) is 1. The highest BCUT2D eigenvalue weighted by atomic mass is 19.2. The maximum atomic E-state index is 13.1. The minimum absolute atomic E-state index is 1.63. The molecule has 1 aromatic rings. The van der Waals surface area contributed by atoms with Crippen LogP contribution in [0.25, 0.3) is 5.83 Å². The molecular weight excluding hydrogens is 237 g/mol. The SMILES string of the molecule is C=C(F)c1c(F)c(F)c(F)c([N+](=O)[O-])c1F. The molecule has 86 valence electrons. The Morgan fingerprint density at radius 2 is 1.56 bits per heavy atom. The largest absolute Gasteiger partial charge is 0.344 e. The third kappa shape index (κ3) is 1.62. The maximum absolute atomic E-state index is 13.1. The summed E-state index contributed by atoms with van der Waals surface area (Å²) in [5, 5.41) is 10.2. The summed E-state index contributed by atoms with van der Waals surface area (Å²) in [6.07, 6.45) is 0. The van der Waals surface area contributed by atoms with Crippen LogP contribution in [0.4, 0.5) is 27.6 Å². The summed E-state index contributed by atoms with van der Waals surface area (Å²) >= 11 is 0. The molecule has 0 aliphatic carbocycles. The highest BCUT2D eigenvalue weighted by Gasteiger charge is 2.33. The number of nitro benzene ring substituents is 1. The van der Waals surface area contributed by atoms with Gasteiger partial charge in [0, 0.05) is 0 Å². The van der Waals surface area contributed by atoms with Crippen molar-refractivity contribution >= 4 is 11.5 Å². The van der Waals surface area contributed by atoms with Gasteiger partial charge in [-0.2, -0.15) is 8.78 Å². The van der Waals surface area contributed by atoms with Gasteiger partial charge in [0.15, 0.2) is 5.82 Å². The lowest BCUT2D eigenvalue weighted by atomic mass is 10.1. The minimum Gasteiger partial charge on any atom is -0.258 e. The first-order chi connectivity index (χ1) is 7.29. The van der Waals surface area contributed by atoms with Crippen molar-refractivity contribution in [2.24, 2.45) is 0 Å². The molecule has 0 unspecified atom stereocenters. The van der Waals surface area contributed by atoms with Crippen LogP contribution in [0.1, 0.15) is 5.56 Å². The topological polar surface area (TPSA) is 43.1 Å². The predicted octanol–water partition coefficient (Wildman–Crippen LogP) is 3.09. The zero-order valence-corrected chi connectivity index (χ0v) is 7.36. The van der Waals surface area contributed by atoms with Gasteiger partial charge in [-0.3, -0.25) is 10.1 Å². The molecule has 0 radical (unpaired) electrons. The fourth-order valence-electron chi connectivity index (χ4n) is 1.02. The van der Waals surface area contributed by atoms with Crippen LogP contribution in [-0.4, -0.2) is 4.92 Å². The highest BCUT2D eigenvalue weighted by molar-refractivity contribution is 5.62. The average Bonchev–Trinajstić information content (AvgIpc) is 2.13. The van der Waals surface area contributed by atoms with E-state index in [1.165, 1.54) is 0 Å². The number of hydrogen-bond donors (Lipinski definition) is 0. The van der Waals surface area contributed by atoms with Gasteiger partial charge in [0.05, 0.1) is 10.5 Å². The molecule has 16 heavy (non-hydrogen) atoms. The van der Waals surface area contributed by atoms with E-state index < -0.39 is 45.3 Å². The Morgan fingerprint density at radius 3 is 1.94 bits per heavy atom. The van der Waals surface area contributed by atoms with E-state index in [1.807, 2.05) is 0 Å². The molecule has 0 aliphatic rings. The average molecular weight is 239 g/mol. The summed E-state index contributed by atoms with van der Waals surface area (Å²) in [4.78, 5) is 8.54. The molecule has 8 heteroatoms. The first-order valence-electron chi connectivity index (χ1n) is 3.64. The van der Waals surface area contributed by atoms with Gasteiger partial charge in [0.2, 0.25) is 17.5 Å². The molecule has 3 nitrogen and oxygen atoms in total. The van der Waals surface area contributed by atoms with Crippen molar-refractivity contribution < 1.29 is 26.9 Å². The highest BCUT2D eigenvalue weighted by Crippen LogP contribution is 2.33. The number of benzene rings is 1. The van der Waals surface area contributed by atoms with E-state index in [0.29, 0.717) is 0 Å². The van der Waals surface area contributed by atoms with Gasteiger partial charge >= 0.3 is 5.69 Å². The molecule has 0 amide bonds. The van der Waals surface area contributed by atoms with Gasteiger partial charge in [-0.15, -0.1) is 0 Å². The fraction of sp³-hybridized carbons (Fsp3) is 0. The Hall–Kier alpha value is -1.99. The van der Waals surface area contributed by atoms with Crippen LogP contribution >= 0.6 is 0 Å². The molecule has 0 heterocycles. The minimum atomic E-state index is -2.33. The number of nitro groups is 1. The van der Waals surface area contributed by atoms with Gasteiger partial charge in [-0.25, -0.2) is 13.2 Å². The van der Waals surface area contributed by atoms with Gasteiger partial charge in [-0.1, -0.05) is 6.58 Å². The van der Waals surface area contributed by atoms with Crippen molar-refractivity contribution in [3.8, 4) is 0 Å². The quantitative estimate of drug-likeness (QED) is 0.261. The van der Waals surface area contributed by atoms with E-state index in [1.54, 1.807) is 0 Å². The van der Waals surface area contributed by atoms with Crippen LogP contribution < -0.4 is 0 Å². The lowest BCUT2D eigenvalue weighted by Gasteiger charge is -2.04. The fourth-order valence-corrected chi connectivity index (χ4v) is 1.02. The van der Waals surface area contributed by atoms with Crippen molar-refractivity contribution in [3.63, 3.8) is 0 Å². The normalized spacial score (nSPS) is 10.3. The number of halogens is 5. The van der Waals surface area contributed by atoms with Crippen molar-refractivity contribution in [3.05, 3.63) is 45.5 Å². The molecule has 0 aliphatic heterocycles. The molecule has 1 aromatic carbocycles. The zero-order valence-electron chi connectivity index (χ0n) is 7.36. The molecule has 0 aromatic heterocycles. The molecule has 0 N–H and O–H groups in total. The molecular formula is C8H2F5NO2. The Bertz CT molecular complexity index is 459. The van der Waals surface area contributed by atoms with E-state index in [2.05, 4.69) is 6.58 Å². The maximum Gasteiger partial charge on any atom is 0.344 e. The van der Waals surface area contributed by atoms with E-state index in [0.717, 1.165) is 0 Å². The second kappa shape index (κ2) is 3.87. The summed E-state index contributed by atoms with van der Waals surface area (Å²) in [6, 6.07) is 0. The molecule has 0 atom stereocenters. The summed E-state index contributed by atoms with van der Waals surface area (Å²) in [7, 11) is 0. The number of rotatable bonds is 2. The molecule has 0 bridgehead atoms. The van der Waals surface area contributed by atoms with E-state index >= 15 is 0 Å². The lowest BCUT2D eigenvalue weighted by Crippen LogP contribution is -2.06. The standard InChI is InChI=1S/C8H2F5NO2/c1-2(9)3-4(10)6(12)7(13)8(5(3)11)14(15)16/h1H2. The van der Waals surface area contributed by atoms with Crippen LogP contribution in [0.3, 0.4) is 0 Å². The van der Waals surface area contributed by atoms with Crippen LogP contribution in [0, 0.1) is 33.4 Å². The monoisotopic (exact) mass is 239 g/mol. The van der Waals surface area contributed by atoms with Crippen molar-refractivity contribution in [2.75, 3.05) is 0 Å². The van der Waals surface area contributed by atoms with E-state index in [-0.39, 0.29) is 0 Å². The molecule has 0 saturated heterocycles. The van der Waals surface area contributed by atoms with Crippen LogP contribution in [0.2, 0.25) is 0 Å². The van der Waals surface area contributed by atoms with Crippen molar-refractivity contribution in [1.29, 1.82) is 0 Å². The van der Waals surface area contributed by atoms with Gasteiger partial charge in [-0.05, 0) is 0 Å². The Kier molecular flexibility index (Phi) is 2.92. The molecule has 0 spiro atoms. The Morgan fingerprint density at radius 1 is 1.06 bits per heavy atom. The second-order valence-corrected chi connectivity index (χ2v) is 2.64. The third-order valence-corrected chi connectivity index (χ3v) is 1.69. The van der Waals surface area contributed by atoms with Crippen LogP contribution in [0.15, 0.2) is 6.58 Å². The first-order valence-corrected chi connectivity index (χ1v) is 3.64. The third-order valence-electron chi connectivity index (χ3n) is 1.69. The van der Waals surface area contributed by atoms with E-state index in [4.69, 9.17) is 0 Å². The van der Waals surface area contributed by atoms with Gasteiger partial charge < -0.3 is 0 Å². The van der Waals surface area contributed by atoms with Gasteiger partial charge in [0.25, 0.3) is 0 Å². The predicted molar refractivity (Wildman–Crippen MR) is 43.1 cm³/mol. The van der Waals surface area contributed by atoms with Crippen LogP contribution in [-0.2, 0) is 0 Å². The molecule has 1 rings (SSSR count). The summed E-state index contributed by atoms with van der Waals surface area (Å²) in [5.41, 5.74) is -3.65. The zero-order chi connectivity index (χ0) is 12.6. The first kappa shape index (κ1) is 12.1. The lowest BCUT2D eigenvalue weighted by molar-refractivity contribution is -0.390. The smallest absolute Gasteiger partial charge is 0.258 e. The summed E-state index contributed by atoms with van der Waals surface area (Å²) < 4.78 is 63.9. The number of hydrogen-bond acceptors (Lipinski definition) is 2. The van der Waals surface area contributed by atoms with Crippen molar-refractivity contribution in [2.45, 2.75) is 0 Å². The second-order valence-electron chi connectivity index (χ2n) is 2.64. The molecule has 0 saturated carbocycles. The molecule has 0 fully saturated rings. The summed E-state index contributed by atoms with van der Waals surface area (Å²) in [6.45, 7) is 2.46. The van der Waals surface area contributed by atoms with E-state index in [9.17, 15) is 32.1 Å². The van der Waals surface area contributed by atoms with Crippen LogP contribution in [0.5, 0.6) is 0 Å². The Balaban J connectivity index is 3.80. The van der Waals surface area contributed by atoms with Gasteiger partial charge in [0.1, 0.15) is 5.83 Å². The van der Waals surface area contributed by atoms with Crippen molar-refractivity contribution in [1.82, 2.24) is 0 Å². The summed E-state index contributed by atoms with van der Waals surface area (Å²) in [5.74, 6) is -10.8. The Labute approximate surface area is 85.0 Å².